The van der Waals surface area contributed by atoms with Crippen LogP contribution in [0.1, 0.15) is 19.3 Å². The Kier molecular flexibility index (Phi) is 4.25. The highest BCUT2D eigenvalue weighted by Gasteiger charge is 2.53. The van der Waals surface area contributed by atoms with Gasteiger partial charge in [-0.1, -0.05) is 6.08 Å². The number of allylic oxidation sites excluding steroid dienone is 1. The summed E-state index contributed by atoms with van der Waals surface area (Å²) in [6.45, 7) is 1.74. The summed E-state index contributed by atoms with van der Waals surface area (Å²) in [5.41, 5.74) is 4.81. The molecule has 6 unspecified atom stereocenters. The number of carbonyl (C=O) groups excluding carboxylic acids is 2. The largest absolute Gasteiger partial charge is 0.349 e. The van der Waals surface area contributed by atoms with Crippen molar-refractivity contribution in [1.29, 1.82) is 0 Å². The highest BCUT2D eigenvalue weighted by atomic mass is 19.1. The standard InChI is InChI=1S/C22H27FN6O2/c1-26-22(31)28-6-4-16(9-19(28)25-26)29-11-14-8-17(14)18-7-13(10-24-20(18)29)21(30)27-5-2-3-15(23)12-27/h4,6-7,9-10,14-15,17-20,25H,2-3,5,8,11-12H2,1H3. The van der Waals surface area contributed by atoms with E-state index in [2.05, 4.69) is 22.5 Å². The van der Waals surface area contributed by atoms with Gasteiger partial charge in [-0.05, 0) is 43.3 Å². The van der Waals surface area contributed by atoms with E-state index >= 15 is 0 Å². The molecule has 5 aliphatic heterocycles. The van der Waals surface area contributed by atoms with Crippen molar-refractivity contribution in [3.8, 4) is 0 Å². The first-order chi connectivity index (χ1) is 15.0. The van der Waals surface area contributed by atoms with Crippen LogP contribution < -0.4 is 5.43 Å². The first-order valence-electron chi connectivity index (χ1n) is 11.2. The number of fused-ring (bicyclic) bond motifs is 4. The van der Waals surface area contributed by atoms with Crippen LogP contribution in [0.25, 0.3) is 0 Å². The number of dihydropyridines is 1. The van der Waals surface area contributed by atoms with Crippen molar-refractivity contribution < 1.29 is 14.0 Å². The van der Waals surface area contributed by atoms with Crippen molar-refractivity contribution in [2.45, 2.75) is 37.8 Å². The molecular weight excluding hydrogens is 399 g/mol. The van der Waals surface area contributed by atoms with Gasteiger partial charge in [-0.3, -0.25) is 19.7 Å². The molecule has 8 nitrogen and oxygen atoms in total. The summed E-state index contributed by atoms with van der Waals surface area (Å²) < 4.78 is 13.8. The van der Waals surface area contributed by atoms with Gasteiger partial charge in [0.05, 0.1) is 12.1 Å². The van der Waals surface area contributed by atoms with E-state index < -0.39 is 6.17 Å². The van der Waals surface area contributed by atoms with Crippen LogP contribution in [0.4, 0.5) is 9.18 Å². The number of hydrazine groups is 1. The zero-order valence-corrected chi connectivity index (χ0v) is 17.5. The normalized spacial score (nSPS) is 38.5. The van der Waals surface area contributed by atoms with Crippen molar-refractivity contribution in [2.75, 3.05) is 26.7 Å². The number of hydrogen-bond acceptors (Lipinski definition) is 5. The fourth-order valence-electron chi connectivity index (χ4n) is 5.66. The molecule has 6 rings (SSSR count). The number of aliphatic imine (C=N–C) groups is 1. The van der Waals surface area contributed by atoms with Gasteiger partial charge < -0.3 is 9.80 Å². The molecule has 1 aliphatic carbocycles. The molecule has 4 fully saturated rings. The summed E-state index contributed by atoms with van der Waals surface area (Å²) in [5.74, 6) is 1.24. The number of hydrogen-bond donors (Lipinski definition) is 1. The summed E-state index contributed by atoms with van der Waals surface area (Å²) in [7, 11) is 1.72. The molecular formula is C22H27FN6O2. The van der Waals surface area contributed by atoms with E-state index in [0.717, 1.165) is 18.7 Å². The molecule has 31 heavy (non-hydrogen) atoms. The Morgan fingerprint density at radius 1 is 1.29 bits per heavy atom. The quantitative estimate of drug-likeness (QED) is 0.726. The average Bonchev–Trinajstić information content (AvgIpc) is 3.51. The molecule has 0 spiro atoms. The highest BCUT2D eigenvalue weighted by molar-refractivity contribution is 6.12. The number of piperidine rings is 2. The molecule has 5 heterocycles. The monoisotopic (exact) mass is 426 g/mol. The Morgan fingerprint density at radius 2 is 2.16 bits per heavy atom. The van der Waals surface area contributed by atoms with Gasteiger partial charge in [0.2, 0.25) is 0 Å². The number of alkyl halides is 1. The van der Waals surface area contributed by atoms with Crippen molar-refractivity contribution in [2.24, 2.45) is 22.7 Å². The molecule has 0 aromatic heterocycles. The number of nitrogens with one attached hydrogen (secondary N) is 1. The molecule has 1 saturated carbocycles. The lowest BCUT2D eigenvalue weighted by Crippen LogP contribution is -2.48. The summed E-state index contributed by atoms with van der Waals surface area (Å²) in [4.78, 5) is 35.6. The predicted octanol–water partition coefficient (Wildman–Crippen LogP) is 1.46. The number of urea groups is 1. The van der Waals surface area contributed by atoms with Crippen molar-refractivity contribution in [1.82, 2.24) is 25.1 Å². The number of amides is 3. The van der Waals surface area contributed by atoms with E-state index in [1.54, 1.807) is 23.1 Å². The van der Waals surface area contributed by atoms with E-state index in [4.69, 9.17) is 4.99 Å². The van der Waals surface area contributed by atoms with Gasteiger partial charge >= 0.3 is 6.03 Å². The predicted molar refractivity (Wildman–Crippen MR) is 112 cm³/mol. The number of nitrogens with zero attached hydrogens (tertiary/aromatic N) is 5. The zero-order chi connectivity index (χ0) is 21.3. The maximum Gasteiger partial charge on any atom is 0.339 e. The molecule has 0 bridgehead atoms. The van der Waals surface area contributed by atoms with Gasteiger partial charge in [-0.2, -0.15) is 0 Å². The van der Waals surface area contributed by atoms with Gasteiger partial charge in [0.1, 0.15) is 18.5 Å². The molecule has 3 amide bonds. The lowest BCUT2D eigenvalue weighted by atomic mass is 9.88. The number of rotatable bonds is 2. The van der Waals surface area contributed by atoms with Gasteiger partial charge in [-0.25, -0.2) is 14.6 Å². The lowest BCUT2D eigenvalue weighted by molar-refractivity contribution is -0.128. The maximum atomic E-state index is 13.8. The van der Waals surface area contributed by atoms with E-state index in [0.29, 0.717) is 36.8 Å². The Hall–Kier alpha value is -2.68. The van der Waals surface area contributed by atoms with Gasteiger partial charge in [0.15, 0.2) is 0 Å². The number of halogens is 1. The van der Waals surface area contributed by atoms with Crippen molar-refractivity contribution >= 4 is 18.2 Å². The van der Waals surface area contributed by atoms with Crippen LogP contribution >= 0.6 is 0 Å². The van der Waals surface area contributed by atoms with E-state index in [9.17, 15) is 14.0 Å². The van der Waals surface area contributed by atoms with Gasteiger partial charge in [-0.15, -0.1) is 0 Å². The minimum absolute atomic E-state index is 0.0483. The van der Waals surface area contributed by atoms with Crippen molar-refractivity contribution in [3.05, 3.63) is 35.7 Å². The molecule has 9 heteroatoms. The van der Waals surface area contributed by atoms with Crippen LogP contribution in [0.15, 0.2) is 40.7 Å². The number of likely N-dealkylation sites (tertiary alicyclic amines) is 2. The van der Waals surface area contributed by atoms with Crippen LogP contribution in [-0.2, 0) is 4.79 Å². The topological polar surface area (TPSA) is 71.5 Å². The Morgan fingerprint density at radius 3 is 3.00 bits per heavy atom. The van der Waals surface area contributed by atoms with Gasteiger partial charge in [0.25, 0.3) is 5.91 Å². The Balaban J connectivity index is 1.23. The second-order valence-electron chi connectivity index (χ2n) is 9.42. The Bertz CT molecular complexity index is 944. The zero-order valence-electron chi connectivity index (χ0n) is 17.5. The van der Waals surface area contributed by atoms with Crippen LogP contribution in [-0.4, -0.2) is 83.0 Å². The number of carbonyl (C=O) groups is 2. The van der Waals surface area contributed by atoms with E-state index in [-0.39, 0.29) is 36.7 Å². The van der Waals surface area contributed by atoms with Crippen LogP contribution in [0.3, 0.4) is 0 Å². The first kappa shape index (κ1) is 19.0. The molecule has 3 saturated heterocycles. The fourth-order valence-corrected chi connectivity index (χ4v) is 5.66. The average molecular weight is 426 g/mol. The van der Waals surface area contributed by atoms with Gasteiger partial charge in [0, 0.05) is 44.2 Å². The molecule has 0 aromatic carbocycles. The smallest absolute Gasteiger partial charge is 0.339 e. The second kappa shape index (κ2) is 6.91. The SMILES string of the molecule is CN1NC2C=C(N3CC4CC4C4C=C(C(=O)N5CCCC(F)C5)C=NC43)C=CN2C1=O. The van der Waals surface area contributed by atoms with Crippen LogP contribution in [0.5, 0.6) is 0 Å². The third kappa shape index (κ3) is 3.09. The Labute approximate surface area is 180 Å². The lowest BCUT2D eigenvalue weighted by Gasteiger charge is -2.42. The molecule has 1 N–H and O–H groups in total. The third-order valence-corrected chi connectivity index (χ3v) is 7.40. The summed E-state index contributed by atoms with van der Waals surface area (Å²) in [6.07, 6.45) is 10.9. The highest BCUT2D eigenvalue weighted by Crippen LogP contribution is 2.53. The van der Waals surface area contributed by atoms with Crippen LogP contribution in [0.2, 0.25) is 0 Å². The molecule has 164 valence electrons. The molecule has 6 aliphatic rings. The molecule has 6 atom stereocenters. The third-order valence-electron chi connectivity index (χ3n) is 7.40. The van der Waals surface area contributed by atoms with Crippen molar-refractivity contribution in [3.63, 3.8) is 0 Å². The minimum atomic E-state index is -0.927. The first-order valence-corrected chi connectivity index (χ1v) is 11.2. The fraction of sp³-hybridized carbons (Fsp3) is 0.591. The molecule has 0 radical (unpaired) electrons. The van der Waals surface area contributed by atoms with E-state index in [1.807, 2.05) is 12.3 Å². The summed E-state index contributed by atoms with van der Waals surface area (Å²) in [6, 6.07) is -0.0784. The van der Waals surface area contributed by atoms with Crippen LogP contribution in [0, 0.1) is 17.8 Å². The summed E-state index contributed by atoms with van der Waals surface area (Å²) in [5, 5.41) is 1.49. The second-order valence-corrected chi connectivity index (χ2v) is 9.42. The maximum absolute atomic E-state index is 13.8. The minimum Gasteiger partial charge on any atom is -0.349 e. The molecule has 0 aromatic rings. The summed E-state index contributed by atoms with van der Waals surface area (Å²) >= 11 is 0. The van der Waals surface area contributed by atoms with E-state index in [1.165, 1.54) is 5.01 Å².